The van der Waals surface area contributed by atoms with E-state index in [-0.39, 0.29) is 6.04 Å². The van der Waals surface area contributed by atoms with Crippen molar-refractivity contribution in [1.82, 2.24) is 9.62 Å². The Balaban J connectivity index is 2.19. The van der Waals surface area contributed by atoms with Crippen LogP contribution in [0.3, 0.4) is 0 Å². The first-order chi connectivity index (χ1) is 10.3. The molecule has 2 rings (SSSR count). The maximum absolute atomic E-state index is 12.7. The van der Waals surface area contributed by atoms with E-state index in [0.29, 0.717) is 10.8 Å². The molecule has 22 heavy (non-hydrogen) atoms. The van der Waals surface area contributed by atoms with Gasteiger partial charge >= 0.3 is 0 Å². The molecule has 0 bridgehead atoms. The Hall–Kier alpha value is -0.910. The molecule has 0 aromatic heterocycles. The van der Waals surface area contributed by atoms with E-state index in [1.165, 1.54) is 6.42 Å². The van der Waals surface area contributed by atoms with Crippen LogP contribution in [0.5, 0.6) is 0 Å². The molecule has 1 fully saturated rings. The first kappa shape index (κ1) is 17.4. The number of hydrogen-bond acceptors (Lipinski definition) is 3. The van der Waals surface area contributed by atoms with E-state index in [1.54, 1.807) is 6.07 Å². The topological polar surface area (TPSA) is 49.4 Å². The molecular weight excluding hydrogens is 296 g/mol. The summed E-state index contributed by atoms with van der Waals surface area (Å²) in [6, 6.07) is 5.55. The molecule has 1 aliphatic carbocycles. The van der Waals surface area contributed by atoms with E-state index in [9.17, 15) is 8.42 Å². The molecule has 124 valence electrons. The first-order valence-electron chi connectivity index (χ1n) is 8.04. The lowest BCUT2D eigenvalue weighted by Gasteiger charge is -2.33. The third-order valence-electron chi connectivity index (χ3n) is 4.44. The Kier molecular flexibility index (Phi) is 5.64. The van der Waals surface area contributed by atoms with Crippen LogP contribution in [0.1, 0.15) is 36.8 Å². The summed E-state index contributed by atoms with van der Waals surface area (Å²) < 4.78 is 28.5. The highest BCUT2D eigenvalue weighted by atomic mass is 32.2. The van der Waals surface area contributed by atoms with Crippen molar-refractivity contribution >= 4 is 10.0 Å². The molecule has 1 aromatic rings. The summed E-state index contributed by atoms with van der Waals surface area (Å²) in [5, 5.41) is 0. The van der Waals surface area contributed by atoms with Crippen molar-refractivity contribution in [3.05, 3.63) is 29.3 Å². The van der Waals surface area contributed by atoms with E-state index >= 15 is 0 Å². The molecule has 0 heterocycles. The van der Waals surface area contributed by atoms with Crippen LogP contribution in [0.25, 0.3) is 0 Å². The predicted octanol–water partition coefficient (Wildman–Crippen LogP) is 2.70. The normalized spacial score (nSPS) is 23.0. The molecule has 1 saturated carbocycles. The van der Waals surface area contributed by atoms with Crippen molar-refractivity contribution in [2.24, 2.45) is 5.92 Å². The summed E-state index contributed by atoms with van der Waals surface area (Å²) in [5.74, 6) is 0.393. The smallest absolute Gasteiger partial charge is 0.241 e. The highest BCUT2D eigenvalue weighted by Crippen LogP contribution is 2.27. The molecule has 0 aliphatic heterocycles. The first-order valence-corrected chi connectivity index (χ1v) is 9.52. The van der Waals surface area contributed by atoms with Gasteiger partial charge in [-0.15, -0.1) is 0 Å². The second-order valence-corrected chi connectivity index (χ2v) is 8.49. The molecule has 1 aliphatic rings. The van der Waals surface area contributed by atoms with Gasteiger partial charge in [0.05, 0.1) is 4.90 Å². The van der Waals surface area contributed by atoms with Gasteiger partial charge in [0, 0.05) is 12.6 Å². The standard InChI is InChI=1S/C17H28N2O2S/c1-13-9-10-17(14(2)11-13)22(20,21)18-16-8-6-5-7-15(16)12-19(3)4/h9-11,15-16,18H,5-8,12H2,1-4H3. The summed E-state index contributed by atoms with van der Waals surface area (Å²) >= 11 is 0. The third-order valence-corrected chi connectivity index (χ3v) is 6.09. The van der Waals surface area contributed by atoms with Gasteiger partial charge in [-0.2, -0.15) is 0 Å². The summed E-state index contributed by atoms with van der Waals surface area (Å²) in [4.78, 5) is 2.56. The summed E-state index contributed by atoms with van der Waals surface area (Å²) in [6.07, 6.45) is 4.32. The largest absolute Gasteiger partial charge is 0.309 e. The second kappa shape index (κ2) is 7.11. The van der Waals surface area contributed by atoms with Crippen LogP contribution in [0.2, 0.25) is 0 Å². The maximum atomic E-state index is 12.7. The SMILES string of the molecule is Cc1ccc(S(=O)(=O)NC2CCCCC2CN(C)C)c(C)c1. The number of benzene rings is 1. The molecule has 1 aromatic carbocycles. The summed E-state index contributed by atoms with van der Waals surface area (Å²) in [7, 11) is 0.647. The Morgan fingerprint density at radius 3 is 2.50 bits per heavy atom. The monoisotopic (exact) mass is 324 g/mol. The molecule has 4 nitrogen and oxygen atoms in total. The van der Waals surface area contributed by atoms with Crippen LogP contribution < -0.4 is 4.72 Å². The average molecular weight is 324 g/mol. The van der Waals surface area contributed by atoms with Crippen LogP contribution in [0.15, 0.2) is 23.1 Å². The fraction of sp³-hybridized carbons (Fsp3) is 0.647. The van der Waals surface area contributed by atoms with Crippen LogP contribution in [-0.4, -0.2) is 40.0 Å². The van der Waals surface area contributed by atoms with Gasteiger partial charge < -0.3 is 4.90 Å². The summed E-state index contributed by atoms with van der Waals surface area (Å²) in [6.45, 7) is 4.77. The van der Waals surface area contributed by atoms with E-state index in [0.717, 1.165) is 36.9 Å². The van der Waals surface area contributed by atoms with E-state index in [2.05, 4.69) is 9.62 Å². The zero-order valence-corrected chi connectivity index (χ0v) is 14.9. The minimum absolute atomic E-state index is 0.0434. The molecule has 5 heteroatoms. The molecule has 1 N–H and O–H groups in total. The lowest BCUT2D eigenvalue weighted by Crippen LogP contribution is -2.45. The lowest BCUT2D eigenvalue weighted by atomic mass is 9.85. The van der Waals surface area contributed by atoms with Crippen LogP contribution >= 0.6 is 0 Å². The third kappa shape index (κ3) is 4.31. The highest BCUT2D eigenvalue weighted by Gasteiger charge is 2.30. The number of aryl methyl sites for hydroxylation is 2. The molecular formula is C17H28N2O2S. The molecule has 2 atom stereocenters. The molecule has 0 spiro atoms. The van der Waals surface area contributed by atoms with Crippen molar-refractivity contribution in [3.8, 4) is 0 Å². The van der Waals surface area contributed by atoms with Crippen molar-refractivity contribution in [1.29, 1.82) is 0 Å². The predicted molar refractivity (Wildman–Crippen MR) is 90.5 cm³/mol. The number of nitrogens with zero attached hydrogens (tertiary/aromatic N) is 1. The minimum Gasteiger partial charge on any atom is -0.309 e. The number of sulfonamides is 1. The van der Waals surface area contributed by atoms with Gasteiger partial charge in [0.1, 0.15) is 0 Å². The Morgan fingerprint density at radius 1 is 1.18 bits per heavy atom. The van der Waals surface area contributed by atoms with Gasteiger partial charge in [0.25, 0.3) is 0 Å². The number of nitrogens with one attached hydrogen (secondary N) is 1. The Labute approximate surface area is 135 Å². The van der Waals surface area contributed by atoms with Gasteiger partial charge in [-0.25, -0.2) is 13.1 Å². The molecule has 2 unspecified atom stereocenters. The summed E-state index contributed by atoms with van der Waals surface area (Å²) in [5.41, 5.74) is 1.90. The minimum atomic E-state index is -3.44. The number of rotatable bonds is 5. The van der Waals surface area contributed by atoms with Gasteiger partial charge in [0.2, 0.25) is 10.0 Å². The van der Waals surface area contributed by atoms with Crippen LogP contribution in [-0.2, 0) is 10.0 Å². The van der Waals surface area contributed by atoms with Gasteiger partial charge in [-0.3, -0.25) is 0 Å². The van der Waals surface area contributed by atoms with Crippen LogP contribution in [0.4, 0.5) is 0 Å². The quantitative estimate of drug-likeness (QED) is 0.906. The highest BCUT2D eigenvalue weighted by molar-refractivity contribution is 7.89. The molecule has 0 amide bonds. The maximum Gasteiger partial charge on any atom is 0.241 e. The lowest BCUT2D eigenvalue weighted by molar-refractivity contribution is 0.224. The zero-order valence-electron chi connectivity index (χ0n) is 14.1. The van der Waals surface area contributed by atoms with E-state index in [4.69, 9.17) is 0 Å². The van der Waals surface area contributed by atoms with Gasteiger partial charge in [-0.1, -0.05) is 30.5 Å². The Bertz CT molecular complexity index is 611. The molecule has 0 saturated heterocycles. The van der Waals surface area contributed by atoms with Crippen molar-refractivity contribution in [3.63, 3.8) is 0 Å². The van der Waals surface area contributed by atoms with Crippen molar-refractivity contribution in [2.75, 3.05) is 20.6 Å². The number of hydrogen-bond donors (Lipinski definition) is 1. The zero-order chi connectivity index (χ0) is 16.3. The van der Waals surface area contributed by atoms with Gasteiger partial charge in [-0.05, 0) is 58.3 Å². The average Bonchev–Trinajstić information content (AvgIpc) is 2.39. The second-order valence-electron chi connectivity index (χ2n) is 6.80. The fourth-order valence-electron chi connectivity index (χ4n) is 3.41. The van der Waals surface area contributed by atoms with E-state index < -0.39 is 10.0 Å². The van der Waals surface area contributed by atoms with Crippen LogP contribution in [0, 0.1) is 19.8 Å². The molecule has 0 radical (unpaired) electrons. The van der Waals surface area contributed by atoms with Gasteiger partial charge in [0.15, 0.2) is 0 Å². The fourth-order valence-corrected chi connectivity index (χ4v) is 4.98. The van der Waals surface area contributed by atoms with Crippen molar-refractivity contribution < 1.29 is 8.42 Å². The van der Waals surface area contributed by atoms with E-state index in [1.807, 2.05) is 40.1 Å². The van der Waals surface area contributed by atoms with Crippen molar-refractivity contribution in [2.45, 2.75) is 50.5 Å². The Morgan fingerprint density at radius 2 is 1.86 bits per heavy atom.